The van der Waals surface area contributed by atoms with Crippen LogP contribution in [0.15, 0.2) is 24.3 Å². The zero-order valence-corrected chi connectivity index (χ0v) is 14.3. The fourth-order valence-corrected chi connectivity index (χ4v) is 2.23. The van der Waals surface area contributed by atoms with Gasteiger partial charge in [-0.2, -0.15) is 0 Å². The molecule has 4 nitrogen and oxygen atoms in total. The third-order valence-electron chi connectivity index (χ3n) is 2.46. The number of halogens is 3. The summed E-state index contributed by atoms with van der Waals surface area (Å²) >= 11 is 17.5. The second-order valence-corrected chi connectivity index (χ2v) is 6.05. The number of carbonyl (C=O) groups excluding carboxylic acids is 2. The Balaban J connectivity index is 2.56. The van der Waals surface area contributed by atoms with Crippen molar-refractivity contribution in [3.63, 3.8) is 0 Å². The monoisotopic (exact) mass is 364 g/mol. The number of benzene rings is 1. The van der Waals surface area contributed by atoms with Gasteiger partial charge in [0.2, 0.25) is 0 Å². The molecule has 0 fully saturated rings. The lowest BCUT2D eigenvalue weighted by atomic mass is 10.1. The maximum atomic E-state index is 11.6. The molecule has 0 unspecified atom stereocenters. The van der Waals surface area contributed by atoms with Gasteiger partial charge < -0.3 is 9.47 Å². The van der Waals surface area contributed by atoms with Crippen LogP contribution in [0.5, 0.6) is 5.75 Å². The predicted molar refractivity (Wildman–Crippen MR) is 86.7 cm³/mol. The van der Waals surface area contributed by atoms with Gasteiger partial charge in [0.25, 0.3) is 0 Å². The van der Waals surface area contributed by atoms with Gasteiger partial charge in [-0.05, 0) is 24.5 Å². The van der Waals surface area contributed by atoms with Gasteiger partial charge in [0.05, 0.1) is 16.7 Å². The molecular weight excluding hydrogens is 351 g/mol. The molecule has 0 N–H and O–H groups in total. The van der Waals surface area contributed by atoms with Crippen LogP contribution in [0.4, 0.5) is 0 Å². The Kier molecular flexibility index (Phi) is 7.73. The Morgan fingerprint density at radius 1 is 1.09 bits per heavy atom. The van der Waals surface area contributed by atoms with Gasteiger partial charge in [0, 0.05) is 17.2 Å². The van der Waals surface area contributed by atoms with E-state index in [1.54, 1.807) is 0 Å². The number of hydrogen-bond acceptors (Lipinski definition) is 4. The highest BCUT2D eigenvalue weighted by atomic mass is 35.5. The zero-order valence-electron chi connectivity index (χ0n) is 12.1. The molecule has 0 aromatic heterocycles. The third kappa shape index (κ3) is 6.69. The van der Waals surface area contributed by atoms with Crippen LogP contribution in [0.1, 0.15) is 20.3 Å². The molecule has 0 saturated heterocycles. The number of rotatable bonds is 6. The van der Waals surface area contributed by atoms with Gasteiger partial charge in [0.1, 0.15) is 0 Å². The minimum absolute atomic E-state index is 0.0180. The number of esters is 2. The van der Waals surface area contributed by atoms with Crippen LogP contribution >= 0.6 is 34.8 Å². The highest BCUT2D eigenvalue weighted by molar-refractivity contribution is 6.40. The molecule has 1 rings (SSSR count). The summed E-state index contributed by atoms with van der Waals surface area (Å²) in [6.45, 7) is 4.33. The number of hydrogen-bond donors (Lipinski definition) is 0. The van der Waals surface area contributed by atoms with E-state index >= 15 is 0 Å². The average Bonchev–Trinajstić information content (AvgIpc) is 2.40. The Hall–Kier alpha value is -1.23. The quantitative estimate of drug-likeness (QED) is 0.416. The molecule has 0 atom stereocenters. The molecule has 0 aliphatic heterocycles. The van der Waals surface area contributed by atoms with Gasteiger partial charge in [-0.3, -0.25) is 0 Å². The summed E-state index contributed by atoms with van der Waals surface area (Å²) in [7, 11) is 0. The van der Waals surface area contributed by atoms with Crippen LogP contribution in [-0.4, -0.2) is 18.5 Å². The largest absolute Gasteiger partial charge is 0.463 e. The van der Waals surface area contributed by atoms with Gasteiger partial charge in [-0.1, -0.05) is 48.7 Å². The first-order valence-corrected chi connectivity index (χ1v) is 7.64. The summed E-state index contributed by atoms with van der Waals surface area (Å²) in [5.74, 6) is -1.01. The van der Waals surface area contributed by atoms with Crippen molar-refractivity contribution in [3.05, 3.63) is 39.4 Å². The highest BCUT2D eigenvalue weighted by Crippen LogP contribution is 2.35. The summed E-state index contributed by atoms with van der Waals surface area (Å²) in [6.07, 6.45) is 2.68. The van der Waals surface area contributed by atoms with E-state index in [4.69, 9.17) is 44.3 Å². The zero-order chi connectivity index (χ0) is 16.7. The number of ether oxygens (including phenoxy) is 2. The summed E-state index contributed by atoms with van der Waals surface area (Å²) < 4.78 is 9.88. The van der Waals surface area contributed by atoms with E-state index in [1.807, 2.05) is 13.8 Å². The fourth-order valence-electron chi connectivity index (χ4n) is 1.34. The second kappa shape index (κ2) is 9.03. The van der Waals surface area contributed by atoms with Gasteiger partial charge in [-0.25, -0.2) is 9.59 Å². The lowest BCUT2D eigenvalue weighted by Crippen LogP contribution is -2.08. The normalized spacial score (nSPS) is 11.0. The molecule has 1 aromatic carbocycles. The molecule has 120 valence electrons. The molecular formula is C15H15Cl3O4. The maximum absolute atomic E-state index is 11.6. The maximum Gasteiger partial charge on any atom is 0.336 e. The molecule has 0 aliphatic carbocycles. The van der Waals surface area contributed by atoms with Gasteiger partial charge in [0.15, 0.2) is 5.75 Å². The Bertz CT molecular complexity index is 559. The van der Waals surface area contributed by atoms with Crippen LogP contribution in [0.2, 0.25) is 15.1 Å². The van der Waals surface area contributed by atoms with Crippen molar-refractivity contribution < 1.29 is 19.1 Å². The van der Waals surface area contributed by atoms with Crippen LogP contribution in [-0.2, 0) is 14.3 Å². The Morgan fingerprint density at radius 2 is 1.64 bits per heavy atom. The van der Waals surface area contributed by atoms with E-state index < -0.39 is 11.9 Å². The molecule has 0 radical (unpaired) electrons. The fraction of sp³-hybridized carbons (Fsp3) is 0.333. The SMILES string of the molecule is CC(C)CCOC(=O)/C=C/C(=O)Oc1c(Cl)cc(Cl)cc1Cl. The van der Waals surface area contributed by atoms with Crippen LogP contribution < -0.4 is 4.74 Å². The highest BCUT2D eigenvalue weighted by Gasteiger charge is 2.12. The van der Waals surface area contributed by atoms with E-state index in [0.717, 1.165) is 18.6 Å². The first-order chi connectivity index (χ1) is 10.3. The molecule has 0 amide bonds. The van der Waals surface area contributed by atoms with E-state index in [9.17, 15) is 9.59 Å². The average molecular weight is 366 g/mol. The summed E-state index contributed by atoms with van der Waals surface area (Å²) in [5.41, 5.74) is 0. The topological polar surface area (TPSA) is 52.6 Å². The van der Waals surface area contributed by atoms with E-state index in [2.05, 4.69) is 0 Å². The van der Waals surface area contributed by atoms with Crippen molar-refractivity contribution in [1.82, 2.24) is 0 Å². The van der Waals surface area contributed by atoms with Crippen LogP contribution in [0.3, 0.4) is 0 Å². The van der Waals surface area contributed by atoms with E-state index in [-0.39, 0.29) is 15.8 Å². The standard InChI is InChI=1S/C15H15Cl3O4/c1-9(2)5-6-21-13(19)3-4-14(20)22-15-11(17)7-10(16)8-12(15)18/h3-4,7-9H,5-6H2,1-2H3/b4-3+. The second-order valence-electron chi connectivity index (χ2n) is 4.80. The van der Waals surface area contributed by atoms with Gasteiger partial charge >= 0.3 is 11.9 Å². The summed E-state index contributed by atoms with van der Waals surface area (Å²) in [6, 6.07) is 2.78. The van der Waals surface area contributed by atoms with E-state index in [0.29, 0.717) is 17.5 Å². The van der Waals surface area contributed by atoms with Crippen LogP contribution in [0.25, 0.3) is 0 Å². The molecule has 7 heteroatoms. The molecule has 0 spiro atoms. The molecule has 1 aromatic rings. The molecule has 0 heterocycles. The van der Waals surface area contributed by atoms with Crippen molar-refractivity contribution in [2.45, 2.75) is 20.3 Å². The summed E-state index contributed by atoms with van der Waals surface area (Å²) in [4.78, 5) is 23.0. The van der Waals surface area contributed by atoms with E-state index in [1.165, 1.54) is 12.1 Å². The van der Waals surface area contributed by atoms with Crippen molar-refractivity contribution >= 4 is 46.7 Å². The molecule has 0 saturated carbocycles. The molecule has 0 bridgehead atoms. The third-order valence-corrected chi connectivity index (χ3v) is 3.24. The van der Waals surface area contributed by atoms with Gasteiger partial charge in [-0.15, -0.1) is 0 Å². The minimum Gasteiger partial charge on any atom is -0.463 e. The molecule has 22 heavy (non-hydrogen) atoms. The van der Waals surface area contributed by atoms with Crippen molar-refractivity contribution in [1.29, 1.82) is 0 Å². The van der Waals surface area contributed by atoms with Crippen LogP contribution in [0, 0.1) is 5.92 Å². The Labute approximate surface area is 143 Å². The minimum atomic E-state index is -0.799. The molecule has 0 aliphatic rings. The summed E-state index contributed by atoms with van der Waals surface area (Å²) in [5, 5.41) is 0.511. The lowest BCUT2D eigenvalue weighted by molar-refractivity contribution is -0.138. The van der Waals surface area contributed by atoms with Crippen molar-refractivity contribution in [3.8, 4) is 5.75 Å². The number of carbonyl (C=O) groups is 2. The first kappa shape index (κ1) is 18.8. The Morgan fingerprint density at radius 3 is 2.18 bits per heavy atom. The predicted octanol–water partition coefficient (Wildman–Crippen LogP) is 4.70. The smallest absolute Gasteiger partial charge is 0.336 e. The first-order valence-electron chi connectivity index (χ1n) is 6.50. The lowest BCUT2D eigenvalue weighted by Gasteiger charge is -2.07. The van der Waals surface area contributed by atoms with Crippen molar-refractivity contribution in [2.24, 2.45) is 5.92 Å². The van der Waals surface area contributed by atoms with Crippen molar-refractivity contribution in [2.75, 3.05) is 6.61 Å².